The Kier molecular flexibility index (Phi) is 6.50. The summed E-state index contributed by atoms with van der Waals surface area (Å²) in [7, 11) is 3.95. The first kappa shape index (κ1) is 20.4. The molecule has 6 heteroatoms. The van der Waals surface area contributed by atoms with E-state index in [-0.39, 0.29) is 23.7 Å². The van der Waals surface area contributed by atoms with E-state index in [4.69, 9.17) is 5.26 Å². The second-order valence-corrected chi connectivity index (χ2v) is 7.66. The van der Waals surface area contributed by atoms with Gasteiger partial charge < -0.3 is 15.5 Å². The molecule has 0 spiro atoms. The second kappa shape index (κ2) is 9.24. The van der Waals surface area contributed by atoms with Gasteiger partial charge in [-0.05, 0) is 68.1 Å². The number of nitriles is 1. The van der Waals surface area contributed by atoms with Crippen molar-refractivity contribution in [3.8, 4) is 6.07 Å². The molecule has 2 N–H and O–H groups in total. The standard InChI is InChI=1S/C23H26N4O2/c1-27(2)21-12-10-19(11-13-21)25-22(28)17-6-8-18(9-7-17)23(29)26-20-5-3-4-16(14-20)15-24/h3-5,10-14,17-18H,6-9H2,1-2H3,(H,25,28)(H,26,29). The Morgan fingerprint density at radius 1 is 0.897 bits per heavy atom. The van der Waals surface area contributed by atoms with Crippen molar-refractivity contribution in [2.45, 2.75) is 25.7 Å². The van der Waals surface area contributed by atoms with Gasteiger partial charge in [0, 0.05) is 43.0 Å². The highest BCUT2D eigenvalue weighted by molar-refractivity contribution is 5.94. The van der Waals surface area contributed by atoms with E-state index < -0.39 is 0 Å². The molecule has 0 bridgehead atoms. The Morgan fingerprint density at radius 2 is 1.45 bits per heavy atom. The Balaban J connectivity index is 1.49. The average Bonchev–Trinajstić information content (AvgIpc) is 2.74. The highest BCUT2D eigenvalue weighted by atomic mass is 16.2. The zero-order chi connectivity index (χ0) is 20.8. The van der Waals surface area contributed by atoms with Crippen molar-refractivity contribution < 1.29 is 9.59 Å². The first-order valence-corrected chi connectivity index (χ1v) is 9.85. The van der Waals surface area contributed by atoms with Crippen LogP contribution in [0.1, 0.15) is 31.2 Å². The Labute approximate surface area is 171 Å². The van der Waals surface area contributed by atoms with Crippen molar-refractivity contribution >= 4 is 28.9 Å². The monoisotopic (exact) mass is 390 g/mol. The van der Waals surface area contributed by atoms with Crippen LogP contribution in [-0.4, -0.2) is 25.9 Å². The van der Waals surface area contributed by atoms with Gasteiger partial charge in [-0.1, -0.05) is 6.07 Å². The minimum absolute atomic E-state index is 0.0168. The third-order valence-electron chi connectivity index (χ3n) is 5.38. The molecular formula is C23H26N4O2. The second-order valence-electron chi connectivity index (χ2n) is 7.66. The number of hydrogen-bond acceptors (Lipinski definition) is 4. The molecule has 2 aromatic carbocycles. The van der Waals surface area contributed by atoms with Crippen molar-refractivity contribution in [3.63, 3.8) is 0 Å². The Bertz CT molecular complexity index is 907. The summed E-state index contributed by atoms with van der Waals surface area (Å²) in [5, 5.41) is 14.8. The molecule has 1 saturated carbocycles. The van der Waals surface area contributed by atoms with Crippen molar-refractivity contribution in [3.05, 3.63) is 54.1 Å². The lowest BCUT2D eigenvalue weighted by Crippen LogP contribution is -2.32. The molecular weight excluding hydrogens is 364 g/mol. The number of nitrogens with zero attached hydrogens (tertiary/aromatic N) is 2. The van der Waals surface area contributed by atoms with Gasteiger partial charge in [-0.25, -0.2) is 0 Å². The quantitative estimate of drug-likeness (QED) is 0.808. The van der Waals surface area contributed by atoms with Gasteiger partial charge in [-0.15, -0.1) is 0 Å². The van der Waals surface area contributed by atoms with E-state index >= 15 is 0 Å². The first-order chi connectivity index (χ1) is 14.0. The largest absolute Gasteiger partial charge is 0.378 e. The van der Waals surface area contributed by atoms with Gasteiger partial charge in [0.2, 0.25) is 11.8 Å². The predicted octanol–water partition coefficient (Wildman–Crippen LogP) is 4.01. The summed E-state index contributed by atoms with van der Waals surface area (Å²) in [6.45, 7) is 0. The summed E-state index contributed by atoms with van der Waals surface area (Å²) >= 11 is 0. The van der Waals surface area contributed by atoms with Crippen molar-refractivity contribution in [1.29, 1.82) is 5.26 Å². The smallest absolute Gasteiger partial charge is 0.227 e. The van der Waals surface area contributed by atoms with Crippen LogP contribution < -0.4 is 15.5 Å². The van der Waals surface area contributed by atoms with E-state index in [1.807, 2.05) is 43.3 Å². The van der Waals surface area contributed by atoms with Gasteiger partial charge in [0.25, 0.3) is 0 Å². The minimum atomic E-state index is -0.107. The van der Waals surface area contributed by atoms with Gasteiger partial charge in [0.1, 0.15) is 0 Å². The summed E-state index contributed by atoms with van der Waals surface area (Å²) in [4.78, 5) is 27.1. The zero-order valence-corrected chi connectivity index (χ0v) is 16.8. The van der Waals surface area contributed by atoms with Crippen LogP contribution in [0.15, 0.2) is 48.5 Å². The van der Waals surface area contributed by atoms with Crippen LogP contribution in [0.25, 0.3) is 0 Å². The van der Waals surface area contributed by atoms with Crippen LogP contribution in [0, 0.1) is 23.2 Å². The van der Waals surface area contributed by atoms with E-state index in [0.29, 0.717) is 36.9 Å². The van der Waals surface area contributed by atoms with E-state index in [0.717, 1.165) is 11.4 Å². The third-order valence-corrected chi connectivity index (χ3v) is 5.38. The highest BCUT2D eigenvalue weighted by Gasteiger charge is 2.30. The molecule has 0 saturated heterocycles. The number of carbonyl (C=O) groups is 2. The van der Waals surface area contributed by atoms with Crippen LogP contribution in [0.4, 0.5) is 17.1 Å². The van der Waals surface area contributed by atoms with Gasteiger partial charge in [-0.2, -0.15) is 5.26 Å². The van der Waals surface area contributed by atoms with Crippen LogP contribution >= 0.6 is 0 Å². The van der Waals surface area contributed by atoms with Gasteiger partial charge in [-0.3, -0.25) is 9.59 Å². The maximum Gasteiger partial charge on any atom is 0.227 e. The van der Waals surface area contributed by atoms with Gasteiger partial charge in [0.05, 0.1) is 11.6 Å². The third kappa shape index (κ3) is 5.35. The molecule has 0 radical (unpaired) electrons. The SMILES string of the molecule is CN(C)c1ccc(NC(=O)C2CCC(C(=O)Nc3cccc(C#N)c3)CC2)cc1. The normalized spacial score (nSPS) is 18.4. The Hall–Kier alpha value is -3.33. The molecule has 0 unspecified atom stereocenters. The molecule has 0 aromatic heterocycles. The van der Waals surface area contributed by atoms with E-state index in [1.165, 1.54) is 0 Å². The molecule has 6 nitrogen and oxygen atoms in total. The predicted molar refractivity (Wildman–Crippen MR) is 115 cm³/mol. The molecule has 150 valence electrons. The van der Waals surface area contributed by atoms with Crippen LogP contribution in [0.5, 0.6) is 0 Å². The number of carbonyl (C=O) groups excluding carboxylic acids is 2. The molecule has 3 rings (SSSR count). The maximum atomic E-state index is 12.6. The zero-order valence-electron chi connectivity index (χ0n) is 16.8. The lowest BCUT2D eigenvalue weighted by Gasteiger charge is -2.27. The summed E-state index contributed by atoms with van der Waals surface area (Å²) in [6, 6.07) is 16.7. The molecule has 0 heterocycles. The molecule has 0 atom stereocenters. The van der Waals surface area contributed by atoms with Crippen LogP contribution in [-0.2, 0) is 9.59 Å². The highest BCUT2D eigenvalue weighted by Crippen LogP contribution is 2.31. The summed E-state index contributed by atoms with van der Waals surface area (Å²) < 4.78 is 0. The fourth-order valence-corrected chi connectivity index (χ4v) is 3.62. The van der Waals surface area contributed by atoms with E-state index in [2.05, 4.69) is 16.7 Å². The number of benzene rings is 2. The Morgan fingerprint density at radius 3 is 1.97 bits per heavy atom. The number of anilines is 3. The molecule has 1 aliphatic rings. The average molecular weight is 390 g/mol. The number of amides is 2. The molecule has 1 aliphatic carbocycles. The molecule has 2 aromatic rings. The molecule has 0 aliphatic heterocycles. The topological polar surface area (TPSA) is 85.2 Å². The fraction of sp³-hybridized carbons (Fsp3) is 0.348. The molecule has 29 heavy (non-hydrogen) atoms. The summed E-state index contributed by atoms with van der Waals surface area (Å²) in [5.41, 5.74) is 3.02. The van der Waals surface area contributed by atoms with E-state index in [1.54, 1.807) is 24.3 Å². The van der Waals surface area contributed by atoms with Crippen molar-refractivity contribution in [2.75, 3.05) is 29.6 Å². The van der Waals surface area contributed by atoms with Crippen molar-refractivity contribution in [2.24, 2.45) is 11.8 Å². The van der Waals surface area contributed by atoms with Crippen LogP contribution in [0.2, 0.25) is 0 Å². The molecule has 1 fully saturated rings. The fourth-order valence-electron chi connectivity index (χ4n) is 3.62. The maximum absolute atomic E-state index is 12.6. The minimum Gasteiger partial charge on any atom is -0.378 e. The first-order valence-electron chi connectivity index (χ1n) is 9.85. The summed E-state index contributed by atoms with van der Waals surface area (Å²) in [5.74, 6) is -0.208. The summed E-state index contributed by atoms with van der Waals surface area (Å²) in [6.07, 6.45) is 2.75. The lowest BCUT2D eigenvalue weighted by molar-refractivity contribution is -0.125. The van der Waals surface area contributed by atoms with Crippen molar-refractivity contribution in [1.82, 2.24) is 0 Å². The molecule has 2 amide bonds. The van der Waals surface area contributed by atoms with Gasteiger partial charge in [0.15, 0.2) is 0 Å². The van der Waals surface area contributed by atoms with Crippen LogP contribution in [0.3, 0.4) is 0 Å². The number of rotatable bonds is 5. The lowest BCUT2D eigenvalue weighted by atomic mass is 9.81. The number of nitrogens with one attached hydrogen (secondary N) is 2. The number of hydrogen-bond donors (Lipinski definition) is 2. The van der Waals surface area contributed by atoms with E-state index in [9.17, 15) is 9.59 Å². The van der Waals surface area contributed by atoms with Gasteiger partial charge >= 0.3 is 0 Å².